The molecule has 0 aromatic heterocycles. The van der Waals surface area contributed by atoms with Crippen molar-refractivity contribution in [3.05, 3.63) is 0 Å². The Hall–Kier alpha value is -0.263. The summed E-state index contributed by atoms with van der Waals surface area (Å²) in [4.78, 5) is 0. The molecule has 0 aromatic carbocycles. The molecule has 1 unspecified atom stereocenters. The van der Waals surface area contributed by atoms with E-state index in [-0.39, 0.29) is 0 Å². The van der Waals surface area contributed by atoms with Crippen molar-refractivity contribution >= 4 is 8.32 Å². The molecule has 0 saturated carbocycles. The molecule has 0 N–H and O–H groups in total. The van der Waals surface area contributed by atoms with Crippen LogP contribution in [0.4, 0.5) is 0 Å². The second-order valence-electron chi connectivity index (χ2n) is 6.13. The summed E-state index contributed by atoms with van der Waals surface area (Å²) in [5, 5.41) is 0.319. The van der Waals surface area contributed by atoms with E-state index in [1.54, 1.807) is 0 Å². The highest BCUT2D eigenvalue weighted by atomic mass is 28.4. The molecule has 0 heterocycles. The van der Waals surface area contributed by atoms with Gasteiger partial charge in [-0.1, -0.05) is 27.7 Å². The SMILES string of the molecule is CC#CCC(C)CCO[Si](C)(C)C(C)(C)C. The maximum Gasteiger partial charge on any atom is 0.191 e. The molecule has 94 valence electrons. The van der Waals surface area contributed by atoms with Crippen LogP contribution >= 0.6 is 0 Å². The van der Waals surface area contributed by atoms with Crippen molar-refractivity contribution in [2.24, 2.45) is 5.92 Å². The third-order valence-corrected chi connectivity index (χ3v) is 8.05. The molecule has 2 heteroatoms. The lowest BCUT2D eigenvalue weighted by molar-refractivity contribution is 0.261. The highest BCUT2D eigenvalue weighted by Crippen LogP contribution is 2.36. The van der Waals surface area contributed by atoms with Gasteiger partial charge >= 0.3 is 0 Å². The summed E-state index contributed by atoms with van der Waals surface area (Å²) < 4.78 is 6.14. The van der Waals surface area contributed by atoms with Crippen molar-refractivity contribution in [2.75, 3.05) is 6.61 Å². The molecule has 0 radical (unpaired) electrons. The van der Waals surface area contributed by atoms with Gasteiger partial charge in [-0.25, -0.2) is 0 Å². The first-order valence-corrected chi connectivity index (χ1v) is 9.15. The molecule has 0 aliphatic heterocycles. The number of hydrogen-bond acceptors (Lipinski definition) is 1. The molecule has 0 aliphatic carbocycles. The lowest BCUT2D eigenvalue weighted by atomic mass is 10.1. The zero-order chi connectivity index (χ0) is 12.8. The zero-order valence-corrected chi connectivity index (χ0v) is 13.1. The van der Waals surface area contributed by atoms with Crippen molar-refractivity contribution < 1.29 is 4.43 Å². The summed E-state index contributed by atoms with van der Waals surface area (Å²) in [6, 6.07) is 0. The van der Waals surface area contributed by atoms with E-state index in [4.69, 9.17) is 4.43 Å². The highest BCUT2D eigenvalue weighted by Gasteiger charge is 2.36. The van der Waals surface area contributed by atoms with E-state index in [2.05, 4.69) is 52.6 Å². The van der Waals surface area contributed by atoms with Gasteiger partial charge in [-0.05, 0) is 37.4 Å². The third-order valence-electron chi connectivity index (χ3n) is 3.51. The highest BCUT2D eigenvalue weighted by molar-refractivity contribution is 6.74. The van der Waals surface area contributed by atoms with E-state index in [1.165, 1.54) is 0 Å². The van der Waals surface area contributed by atoms with Gasteiger partial charge < -0.3 is 4.43 Å². The predicted octanol–water partition coefficient (Wildman–Crippen LogP) is 4.45. The Kier molecular flexibility index (Phi) is 6.36. The van der Waals surface area contributed by atoms with Crippen molar-refractivity contribution in [1.29, 1.82) is 0 Å². The monoisotopic (exact) mass is 240 g/mol. The maximum atomic E-state index is 6.14. The summed E-state index contributed by atoms with van der Waals surface area (Å²) in [6.07, 6.45) is 2.12. The normalized spacial score (nSPS) is 14.2. The minimum Gasteiger partial charge on any atom is -0.417 e. The van der Waals surface area contributed by atoms with Crippen LogP contribution in [0.5, 0.6) is 0 Å². The second-order valence-corrected chi connectivity index (χ2v) is 10.9. The average Bonchev–Trinajstić information content (AvgIpc) is 2.12. The molecule has 0 spiro atoms. The Morgan fingerprint density at radius 1 is 1.25 bits per heavy atom. The van der Waals surface area contributed by atoms with Crippen LogP contribution in [0.15, 0.2) is 0 Å². The third kappa shape index (κ3) is 5.72. The lowest BCUT2D eigenvalue weighted by Gasteiger charge is -2.36. The quantitative estimate of drug-likeness (QED) is 0.509. The van der Waals surface area contributed by atoms with E-state index >= 15 is 0 Å². The molecule has 0 amide bonds. The summed E-state index contributed by atoms with van der Waals surface area (Å²) in [5.41, 5.74) is 0. The Morgan fingerprint density at radius 3 is 2.25 bits per heavy atom. The molecule has 0 saturated heterocycles. The predicted molar refractivity (Wildman–Crippen MR) is 75.0 cm³/mol. The fourth-order valence-electron chi connectivity index (χ4n) is 1.11. The molecule has 1 nitrogen and oxygen atoms in total. The summed E-state index contributed by atoms with van der Waals surface area (Å²) in [7, 11) is -1.54. The van der Waals surface area contributed by atoms with E-state index < -0.39 is 8.32 Å². The first-order valence-electron chi connectivity index (χ1n) is 6.24. The second kappa shape index (κ2) is 6.47. The maximum absolute atomic E-state index is 6.14. The molecule has 0 aromatic rings. The van der Waals surface area contributed by atoms with Crippen LogP contribution in [0.25, 0.3) is 0 Å². The Balaban J connectivity index is 3.93. The van der Waals surface area contributed by atoms with Crippen LogP contribution in [0.3, 0.4) is 0 Å². The van der Waals surface area contributed by atoms with Crippen molar-refractivity contribution in [2.45, 2.75) is 65.6 Å². The number of hydrogen-bond donors (Lipinski definition) is 0. The minimum atomic E-state index is -1.54. The van der Waals surface area contributed by atoms with Gasteiger partial charge in [0, 0.05) is 13.0 Å². The standard InChI is InChI=1S/C14H28OSi/c1-8-9-10-13(2)11-12-15-16(6,7)14(3,4)5/h13H,10-12H2,1-7H3. The van der Waals surface area contributed by atoms with Gasteiger partial charge in [-0.3, -0.25) is 0 Å². The van der Waals surface area contributed by atoms with Gasteiger partial charge in [0.05, 0.1) is 0 Å². The van der Waals surface area contributed by atoms with Gasteiger partial charge in [-0.15, -0.1) is 11.8 Å². The molecule has 16 heavy (non-hydrogen) atoms. The zero-order valence-electron chi connectivity index (χ0n) is 12.1. The van der Waals surface area contributed by atoms with Crippen LogP contribution in [0, 0.1) is 17.8 Å². The van der Waals surface area contributed by atoms with Gasteiger partial charge in [-0.2, -0.15) is 0 Å². The van der Waals surface area contributed by atoms with Gasteiger partial charge in [0.15, 0.2) is 8.32 Å². The van der Waals surface area contributed by atoms with Gasteiger partial charge in [0.1, 0.15) is 0 Å². The molecule has 1 atom stereocenters. The summed E-state index contributed by atoms with van der Waals surface area (Å²) in [6.45, 7) is 16.5. The first-order chi connectivity index (χ1) is 7.20. The van der Waals surface area contributed by atoms with Crippen LogP contribution in [-0.4, -0.2) is 14.9 Å². The average molecular weight is 240 g/mol. The fraction of sp³-hybridized carbons (Fsp3) is 0.857. The van der Waals surface area contributed by atoms with Gasteiger partial charge in [0.25, 0.3) is 0 Å². The largest absolute Gasteiger partial charge is 0.417 e. The molecular formula is C14H28OSi. The minimum absolute atomic E-state index is 0.319. The van der Waals surface area contributed by atoms with Gasteiger partial charge in [0.2, 0.25) is 0 Å². The number of rotatable bonds is 5. The van der Waals surface area contributed by atoms with Crippen LogP contribution in [0.2, 0.25) is 18.1 Å². The topological polar surface area (TPSA) is 9.23 Å². The molecule has 0 bridgehead atoms. The first kappa shape index (κ1) is 15.7. The van der Waals surface area contributed by atoms with Crippen molar-refractivity contribution in [3.63, 3.8) is 0 Å². The molecule has 0 fully saturated rings. The summed E-state index contributed by atoms with van der Waals surface area (Å²) in [5.74, 6) is 6.73. The van der Waals surface area contributed by atoms with Crippen LogP contribution in [0.1, 0.15) is 47.5 Å². The van der Waals surface area contributed by atoms with Crippen molar-refractivity contribution in [1.82, 2.24) is 0 Å². The lowest BCUT2D eigenvalue weighted by Crippen LogP contribution is -2.41. The van der Waals surface area contributed by atoms with Crippen LogP contribution < -0.4 is 0 Å². The smallest absolute Gasteiger partial charge is 0.191 e. The van der Waals surface area contributed by atoms with E-state index in [9.17, 15) is 0 Å². The molecular weight excluding hydrogens is 212 g/mol. The van der Waals surface area contributed by atoms with E-state index in [1.807, 2.05) is 6.92 Å². The van der Waals surface area contributed by atoms with E-state index in [0.717, 1.165) is 19.4 Å². The van der Waals surface area contributed by atoms with E-state index in [0.29, 0.717) is 11.0 Å². The fourth-order valence-corrected chi connectivity index (χ4v) is 2.17. The molecule has 0 aliphatic rings. The van der Waals surface area contributed by atoms with Crippen LogP contribution in [-0.2, 0) is 4.43 Å². The molecule has 0 rings (SSSR count). The Morgan fingerprint density at radius 2 is 1.81 bits per heavy atom. The Bertz CT molecular complexity index is 252. The Labute approximate surface area is 103 Å². The van der Waals surface area contributed by atoms with Crippen molar-refractivity contribution in [3.8, 4) is 11.8 Å². The summed E-state index contributed by atoms with van der Waals surface area (Å²) >= 11 is 0.